The number of alkyl halides is 3. The molecule has 0 unspecified atom stereocenters. The molecule has 2 heterocycles. The van der Waals surface area contributed by atoms with Crippen LogP contribution in [-0.4, -0.2) is 49.7 Å². The van der Waals surface area contributed by atoms with Crippen molar-refractivity contribution in [2.45, 2.75) is 37.8 Å². The molecule has 1 N–H and O–H groups in total. The van der Waals surface area contributed by atoms with Crippen LogP contribution in [0, 0.1) is 13.8 Å². The molecule has 1 aromatic carbocycles. The van der Waals surface area contributed by atoms with Gasteiger partial charge in [-0.2, -0.15) is 18.2 Å². The smallest absolute Gasteiger partial charge is 0.339 e. The van der Waals surface area contributed by atoms with Crippen LogP contribution in [0.1, 0.15) is 29.2 Å². The van der Waals surface area contributed by atoms with Gasteiger partial charge in [0, 0.05) is 36.8 Å². The number of hydrogen-bond donors (Lipinski definition) is 1. The second-order valence-electron chi connectivity index (χ2n) is 7.21. The lowest BCUT2D eigenvalue weighted by Gasteiger charge is -2.14. The Hall–Kier alpha value is -3.15. The van der Waals surface area contributed by atoms with Crippen molar-refractivity contribution in [2.75, 3.05) is 19.4 Å². The van der Waals surface area contributed by atoms with Gasteiger partial charge in [-0.05, 0) is 49.7 Å². The minimum absolute atomic E-state index is 0.0658. The van der Waals surface area contributed by atoms with Gasteiger partial charge in [-0.3, -0.25) is 9.59 Å². The van der Waals surface area contributed by atoms with Crippen molar-refractivity contribution in [3.05, 3.63) is 47.0 Å². The minimum atomic E-state index is -4.67. The molecule has 3 rings (SSSR count). The van der Waals surface area contributed by atoms with Crippen LogP contribution < -0.4 is 5.32 Å². The second kappa shape index (κ2) is 9.15. The predicted molar refractivity (Wildman–Crippen MR) is 114 cm³/mol. The SMILES string of the molecule is Cc1nc2nc(C(F)(F)F)nn2c(C)c1CCC(=O)Nc1ccccc1SC(=O)N(C)C. The normalized spacial score (nSPS) is 11.6. The highest BCUT2D eigenvalue weighted by Gasteiger charge is 2.37. The zero-order valence-corrected chi connectivity index (χ0v) is 18.6. The monoisotopic (exact) mass is 466 g/mol. The zero-order valence-electron chi connectivity index (χ0n) is 17.8. The van der Waals surface area contributed by atoms with Gasteiger partial charge in [0.25, 0.3) is 16.8 Å². The third-order valence-electron chi connectivity index (χ3n) is 4.63. The molecule has 0 radical (unpaired) electrons. The van der Waals surface area contributed by atoms with Crippen molar-refractivity contribution < 1.29 is 22.8 Å². The van der Waals surface area contributed by atoms with E-state index in [0.29, 0.717) is 27.5 Å². The van der Waals surface area contributed by atoms with Gasteiger partial charge >= 0.3 is 6.18 Å². The van der Waals surface area contributed by atoms with Crippen molar-refractivity contribution >= 4 is 34.4 Å². The number of hydrogen-bond acceptors (Lipinski definition) is 6. The van der Waals surface area contributed by atoms with Crippen LogP contribution in [0.3, 0.4) is 0 Å². The highest BCUT2D eigenvalue weighted by molar-refractivity contribution is 8.13. The number of benzene rings is 1. The van der Waals surface area contributed by atoms with Crippen LogP contribution in [0.2, 0.25) is 0 Å². The summed E-state index contributed by atoms with van der Waals surface area (Å²) in [5, 5.41) is 6.13. The lowest BCUT2D eigenvalue weighted by molar-refractivity contribution is -0.144. The summed E-state index contributed by atoms with van der Waals surface area (Å²) >= 11 is 0.997. The molecule has 0 bridgehead atoms. The van der Waals surface area contributed by atoms with Crippen molar-refractivity contribution in [1.29, 1.82) is 0 Å². The molecule has 0 saturated heterocycles. The van der Waals surface area contributed by atoms with E-state index in [1.54, 1.807) is 52.2 Å². The number of anilines is 1. The van der Waals surface area contributed by atoms with Gasteiger partial charge in [-0.15, -0.1) is 5.10 Å². The Bertz CT molecular complexity index is 1180. The van der Waals surface area contributed by atoms with Gasteiger partial charge in [0.05, 0.1) is 5.69 Å². The van der Waals surface area contributed by atoms with Gasteiger partial charge in [-0.25, -0.2) is 9.50 Å². The molecule has 0 atom stereocenters. The molecule has 0 aliphatic heterocycles. The number of halogens is 3. The summed E-state index contributed by atoms with van der Waals surface area (Å²) in [5.41, 5.74) is 2.05. The van der Waals surface area contributed by atoms with E-state index in [4.69, 9.17) is 0 Å². The van der Waals surface area contributed by atoms with Crippen molar-refractivity contribution in [3.63, 3.8) is 0 Å². The van der Waals surface area contributed by atoms with Gasteiger partial charge in [0.2, 0.25) is 5.91 Å². The quantitative estimate of drug-likeness (QED) is 0.569. The maximum absolute atomic E-state index is 12.9. The number of thioether (sulfide) groups is 1. The topological polar surface area (TPSA) is 92.5 Å². The molecule has 32 heavy (non-hydrogen) atoms. The van der Waals surface area contributed by atoms with Crippen molar-refractivity contribution in [3.8, 4) is 0 Å². The molecule has 8 nitrogen and oxygen atoms in total. The second-order valence-corrected chi connectivity index (χ2v) is 8.21. The van der Waals surface area contributed by atoms with Gasteiger partial charge in [0.1, 0.15) is 0 Å². The molecule has 0 fully saturated rings. The van der Waals surface area contributed by atoms with Crippen LogP contribution in [0.15, 0.2) is 29.2 Å². The molecule has 0 saturated carbocycles. The van der Waals surface area contributed by atoms with E-state index in [1.165, 1.54) is 4.90 Å². The standard InChI is InChI=1S/C20H21F3N6O2S/c1-11-13(12(2)29-18(24-11)26-17(27-29)20(21,22)23)9-10-16(30)25-14-7-5-6-8-15(14)32-19(31)28(3)4/h5-8H,9-10H2,1-4H3,(H,25,30). The first-order chi connectivity index (χ1) is 15.0. The fourth-order valence-electron chi connectivity index (χ4n) is 2.99. The minimum Gasteiger partial charge on any atom is -0.339 e. The zero-order chi connectivity index (χ0) is 23.6. The van der Waals surface area contributed by atoms with Crippen LogP contribution in [0.4, 0.5) is 23.7 Å². The van der Waals surface area contributed by atoms with E-state index in [0.717, 1.165) is 16.3 Å². The number of rotatable bonds is 5. The third-order valence-corrected chi connectivity index (χ3v) is 5.74. The fraction of sp³-hybridized carbons (Fsp3) is 0.350. The molecule has 0 aliphatic carbocycles. The highest BCUT2D eigenvalue weighted by atomic mass is 32.2. The first-order valence-electron chi connectivity index (χ1n) is 9.55. The number of carbonyl (C=O) groups is 2. The van der Waals surface area contributed by atoms with Crippen LogP contribution in [-0.2, 0) is 17.4 Å². The van der Waals surface area contributed by atoms with E-state index in [1.807, 2.05) is 0 Å². The Labute approximate surface area is 186 Å². The molecule has 2 aromatic heterocycles. The molecule has 0 spiro atoms. The number of aromatic nitrogens is 4. The van der Waals surface area contributed by atoms with Crippen LogP contribution >= 0.6 is 11.8 Å². The third kappa shape index (κ3) is 5.18. The van der Waals surface area contributed by atoms with E-state index in [9.17, 15) is 22.8 Å². The highest BCUT2D eigenvalue weighted by Crippen LogP contribution is 2.29. The maximum Gasteiger partial charge on any atom is 0.453 e. The summed E-state index contributed by atoms with van der Waals surface area (Å²) in [6.45, 7) is 3.27. The van der Waals surface area contributed by atoms with Crippen LogP contribution in [0.5, 0.6) is 0 Å². The van der Waals surface area contributed by atoms with Gasteiger partial charge < -0.3 is 10.2 Å². The largest absolute Gasteiger partial charge is 0.453 e. The Kier molecular flexibility index (Phi) is 6.72. The Morgan fingerprint density at radius 1 is 1.16 bits per heavy atom. The number of nitrogens with one attached hydrogen (secondary N) is 1. The van der Waals surface area contributed by atoms with Crippen LogP contribution in [0.25, 0.3) is 5.78 Å². The van der Waals surface area contributed by atoms with Gasteiger partial charge in [-0.1, -0.05) is 12.1 Å². The molecule has 0 aliphatic rings. The summed E-state index contributed by atoms with van der Waals surface area (Å²) in [6, 6.07) is 6.94. The summed E-state index contributed by atoms with van der Waals surface area (Å²) in [6.07, 6.45) is -4.36. The van der Waals surface area contributed by atoms with Crippen molar-refractivity contribution in [1.82, 2.24) is 24.5 Å². The number of aryl methyl sites for hydroxylation is 2. The fourth-order valence-corrected chi connectivity index (χ4v) is 3.73. The first kappa shape index (κ1) is 23.5. The number of para-hydroxylation sites is 1. The van der Waals surface area contributed by atoms with Crippen molar-refractivity contribution in [2.24, 2.45) is 0 Å². The number of nitrogens with zero attached hydrogens (tertiary/aromatic N) is 5. The number of carbonyl (C=O) groups excluding carboxylic acids is 2. The van der Waals surface area contributed by atoms with E-state index >= 15 is 0 Å². The summed E-state index contributed by atoms with van der Waals surface area (Å²) < 4.78 is 39.8. The van der Waals surface area contributed by atoms with E-state index in [-0.39, 0.29) is 29.8 Å². The Balaban J connectivity index is 1.75. The summed E-state index contributed by atoms with van der Waals surface area (Å²) in [5.74, 6) is -1.70. The maximum atomic E-state index is 12.9. The number of fused-ring (bicyclic) bond motifs is 1. The summed E-state index contributed by atoms with van der Waals surface area (Å²) in [7, 11) is 3.28. The molecule has 3 aromatic rings. The molecular formula is C20H21F3N6O2S. The van der Waals surface area contributed by atoms with Gasteiger partial charge in [0.15, 0.2) is 0 Å². The Morgan fingerprint density at radius 3 is 2.50 bits per heavy atom. The molecule has 2 amide bonds. The first-order valence-corrected chi connectivity index (χ1v) is 10.4. The average Bonchev–Trinajstić information content (AvgIpc) is 3.14. The summed E-state index contributed by atoms with van der Waals surface area (Å²) in [4.78, 5) is 34.2. The Morgan fingerprint density at radius 2 is 1.84 bits per heavy atom. The molecule has 170 valence electrons. The molecule has 12 heteroatoms. The predicted octanol–water partition coefficient (Wildman–Crippen LogP) is 4.10. The lowest BCUT2D eigenvalue weighted by Crippen LogP contribution is -2.17. The average molecular weight is 466 g/mol. The lowest BCUT2D eigenvalue weighted by atomic mass is 10.1. The number of amides is 2. The molecular weight excluding hydrogens is 445 g/mol. The van der Waals surface area contributed by atoms with E-state index < -0.39 is 12.0 Å². The van der Waals surface area contributed by atoms with E-state index in [2.05, 4.69) is 20.4 Å².